The summed E-state index contributed by atoms with van der Waals surface area (Å²) in [6.45, 7) is 6.35. The average molecular weight is 444 g/mol. The first kappa shape index (κ1) is 23.4. The highest BCUT2D eigenvalue weighted by Gasteiger charge is 2.14. The van der Waals surface area contributed by atoms with Crippen LogP contribution in [-0.4, -0.2) is 16.7 Å². The maximum Gasteiger partial charge on any atom is 0.270 e. The van der Waals surface area contributed by atoms with Gasteiger partial charge in [0.05, 0.1) is 4.92 Å². The minimum atomic E-state index is -0.487. The summed E-state index contributed by atoms with van der Waals surface area (Å²) in [4.78, 5) is 35.0. The van der Waals surface area contributed by atoms with Gasteiger partial charge in [-0.1, -0.05) is 45.0 Å². The number of amides is 2. The van der Waals surface area contributed by atoms with E-state index in [0.29, 0.717) is 22.5 Å². The molecule has 0 aliphatic carbocycles. The predicted octanol–water partition coefficient (Wildman–Crippen LogP) is 5.80. The summed E-state index contributed by atoms with van der Waals surface area (Å²) in [5.41, 5.74) is 3.39. The zero-order chi connectivity index (χ0) is 24.0. The third-order valence-corrected chi connectivity index (χ3v) is 4.93. The fourth-order valence-corrected chi connectivity index (χ4v) is 3.06. The molecule has 0 atom stereocenters. The maximum atomic E-state index is 12.5. The maximum absolute atomic E-state index is 12.5. The number of nitrogens with zero attached hydrogens (tertiary/aromatic N) is 1. The van der Waals surface area contributed by atoms with Gasteiger partial charge in [0.15, 0.2) is 0 Å². The Morgan fingerprint density at radius 3 is 2.06 bits per heavy atom. The summed E-state index contributed by atoms with van der Waals surface area (Å²) >= 11 is 0. The molecular weight excluding hydrogens is 418 g/mol. The van der Waals surface area contributed by atoms with E-state index < -0.39 is 4.92 Å². The Hall–Kier alpha value is -4.26. The van der Waals surface area contributed by atoms with Gasteiger partial charge in [-0.2, -0.15) is 0 Å². The first-order chi connectivity index (χ1) is 15.6. The van der Waals surface area contributed by atoms with E-state index in [1.807, 2.05) is 12.1 Å². The molecule has 3 aromatic rings. The molecule has 0 spiro atoms. The van der Waals surface area contributed by atoms with Crippen LogP contribution in [0.25, 0.3) is 6.08 Å². The van der Waals surface area contributed by atoms with Crippen molar-refractivity contribution >= 4 is 35.0 Å². The second-order valence-electron chi connectivity index (χ2n) is 8.53. The number of hydrogen-bond acceptors (Lipinski definition) is 4. The predicted molar refractivity (Wildman–Crippen MR) is 130 cm³/mol. The molecule has 0 aliphatic rings. The Balaban J connectivity index is 1.57. The van der Waals surface area contributed by atoms with Crippen LogP contribution in [0.3, 0.4) is 0 Å². The van der Waals surface area contributed by atoms with Crippen molar-refractivity contribution in [3.05, 3.63) is 106 Å². The summed E-state index contributed by atoms with van der Waals surface area (Å²) < 4.78 is 0. The summed E-state index contributed by atoms with van der Waals surface area (Å²) in [6, 6.07) is 20.3. The van der Waals surface area contributed by atoms with Crippen molar-refractivity contribution in [3.8, 4) is 0 Å². The Morgan fingerprint density at radius 1 is 0.879 bits per heavy atom. The number of carbonyl (C=O) groups excluding carboxylic acids is 2. The number of non-ortho nitro benzene ring substituents is 1. The molecule has 0 aromatic heterocycles. The second kappa shape index (κ2) is 9.91. The number of benzene rings is 3. The van der Waals surface area contributed by atoms with Crippen LogP contribution < -0.4 is 10.6 Å². The smallest absolute Gasteiger partial charge is 0.270 e. The number of hydrogen-bond donors (Lipinski definition) is 2. The number of nitrogens with one attached hydrogen (secondary N) is 2. The van der Waals surface area contributed by atoms with Crippen LogP contribution in [0.4, 0.5) is 17.1 Å². The topological polar surface area (TPSA) is 101 Å². The van der Waals surface area contributed by atoms with Crippen molar-refractivity contribution in [1.29, 1.82) is 0 Å². The van der Waals surface area contributed by atoms with Crippen LogP contribution in [0.15, 0.2) is 78.9 Å². The van der Waals surface area contributed by atoms with E-state index >= 15 is 0 Å². The Labute approximate surface area is 192 Å². The van der Waals surface area contributed by atoms with Gasteiger partial charge in [-0.15, -0.1) is 0 Å². The molecule has 0 radical (unpaired) electrons. The van der Waals surface area contributed by atoms with Gasteiger partial charge in [0.25, 0.3) is 11.6 Å². The molecular formula is C26H25N3O4. The summed E-state index contributed by atoms with van der Waals surface area (Å²) in [7, 11) is 0. The van der Waals surface area contributed by atoms with Gasteiger partial charge >= 0.3 is 0 Å². The van der Waals surface area contributed by atoms with E-state index in [1.165, 1.54) is 24.3 Å². The highest BCUT2D eigenvalue weighted by molar-refractivity contribution is 6.05. The van der Waals surface area contributed by atoms with Crippen molar-refractivity contribution < 1.29 is 14.5 Å². The van der Waals surface area contributed by atoms with Gasteiger partial charge in [0.2, 0.25) is 5.91 Å². The molecule has 7 heteroatoms. The van der Waals surface area contributed by atoms with E-state index in [4.69, 9.17) is 0 Å². The number of rotatable bonds is 6. The molecule has 33 heavy (non-hydrogen) atoms. The normalized spacial score (nSPS) is 11.2. The first-order valence-corrected chi connectivity index (χ1v) is 10.4. The third-order valence-electron chi connectivity index (χ3n) is 4.93. The quantitative estimate of drug-likeness (QED) is 0.286. The van der Waals surface area contributed by atoms with Crippen molar-refractivity contribution in [3.63, 3.8) is 0 Å². The molecule has 0 saturated heterocycles. The highest BCUT2D eigenvalue weighted by Crippen LogP contribution is 2.23. The fourth-order valence-electron chi connectivity index (χ4n) is 3.06. The van der Waals surface area contributed by atoms with E-state index in [9.17, 15) is 19.7 Å². The van der Waals surface area contributed by atoms with Gasteiger partial charge in [0.1, 0.15) is 0 Å². The Morgan fingerprint density at radius 2 is 1.48 bits per heavy atom. The summed E-state index contributed by atoms with van der Waals surface area (Å²) in [5, 5.41) is 16.4. The standard InChI is InChI=1S/C26H25N3O4/c1-26(2,3)20-10-8-19(9-11-20)25(31)28-22-14-12-21(13-15-22)27-24(30)16-7-18-5-4-6-23(17-18)29(32)33/h4-17H,1-3H3,(H,27,30)(H,28,31). The van der Waals surface area contributed by atoms with Crippen LogP contribution in [0.5, 0.6) is 0 Å². The lowest BCUT2D eigenvalue weighted by atomic mass is 9.87. The first-order valence-electron chi connectivity index (χ1n) is 10.4. The minimum absolute atomic E-state index is 0.0174. The van der Waals surface area contributed by atoms with Gasteiger partial charge in [0, 0.05) is 35.1 Å². The minimum Gasteiger partial charge on any atom is -0.323 e. The molecule has 0 bridgehead atoms. The summed E-state index contributed by atoms with van der Waals surface area (Å²) in [5.74, 6) is -0.593. The molecule has 0 unspecified atom stereocenters. The largest absolute Gasteiger partial charge is 0.323 e. The van der Waals surface area contributed by atoms with Crippen molar-refractivity contribution in [2.24, 2.45) is 0 Å². The Bertz CT molecular complexity index is 1190. The zero-order valence-electron chi connectivity index (χ0n) is 18.7. The Kier molecular flexibility index (Phi) is 7.03. The van der Waals surface area contributed by atoms with Crippen LogP contribution in [-0.2, 0) is 10.2 Å². The van der Waals surface area contributed by atoms with Crippen molar-refractivity contribution in [2.75, 3.05) is 10.6 Å². The molecule has 7 nitrogen and oxygen atoms in total. The number of nitro benzene ring substituents is 1. The monoisotopic (exact) mass is 443 g/mol. The van der Waals surface area contributed by atoms with E-state index in [-0.39, 0.29) is 22.9 Å². The van der Waals surface area contributed by atoms with Crippen molar-refractivity contribution in [1.82, 2.24) is 0 Å². The molecule has 0 heterocycles. The van der Waals surface area contributed by atoms with Gasteiger partial charge in [-0.3, -0.25) is 19.7 Å². The lowest BCUT2D eigenvalue weighted by Crippen LogP contribution is -2.14. The molecule has 0 fully saturated rings. The van der Waals surface area contributed by atoms with Crippen LogP contribution in [0.2, 0.25) is 0 Å². The van der Waals surface area contributed by atoms with Gasteiger partial charge in [-0.25, -0.2) is 0 Å². The average Bonchev–Trinajstić information content (AvgIpc) is 2.78. The van der Waals surface area contributed by atoms with Crippen LogP contribution in [0, 0.1) is 10.1 Å². The van der Waals surface area contributed by atoms with E-state index in [0.717, 1.165) is 5.56 Å². The third kappa shape index (κ3) is 6.61. The van der Waals surface area contributed by atoms with Crippen molar-refractivity contribution in [2.45, 2.75) is 26.2 Å². The lowest BCUT2D eigenvalue weighted by molar-refractivity contribution is -0.384. The molecule has 3 aromatic carbocycles. The summed E-state index contributed by atoms with van der Waals surface area (Å²) in [6.07, 6.45) is 2.80. The SMILES string of the molecule is CC(C)(C)c1ccc(C(=O)Nc2ccc(NC(=O)C=Cc3cccc([N+](=O)[O-])c3)cc2)cc1. The molecule has 3 rings (SSSR count). The van der Waals surface area contributed by atoms with Crippen LogP contribution in [0.1, 0.15) is 42.3 Å². The molecule has 2 N–H and O–H groups in total. The zero-order valence-corrected chi connectivity index (χ0v) is 18.7. The van der Waals surface area contributed by atoms with E-state index in [1.54, 1.807) is 48.5 Å². The number of carbonyl (C=O) groups is 2. The lowest BCUT2D eigenvalue weighted by Gasteiger charge is -2.19. The molecule has 168 valence electrons. The molecule has 0 saturated carbocycles. The van der Waals surface area contributed by atoms with E-state index in [2.05, 4.69) is 31.4 Å². The number of anilines is 2. The fraction of sp³-hybridized carbons (Fsp3) is 0.154. The van der Waals surface area contributed by atoms with Crippen LogP contribution >= 0.6 is 0 Å². The number of nitro groups is 1. The molecule has 0 aliphatic heterocycles. The second-order valence-corrected chi connectivity index (χ2v) is 8.53. The van der Waals surface area contributed by atoms with Gasteiger partial charge in [-0.05, 0) is 59.0 Å². The molecule has 2 amide bonds. The highest BCUT2D eigenvalue weighted by atomic mass is 16.6. The van der Waals surface area contributed by atoms with Gasteiger partial charge < -0.3 is 10.6 Å².